The van der Waals surface area contributed by atoms with Gasteiger partial charge in [-0.2, -0.15) is 0 Å². The normalized spacial score (nSPS) is 11.7. The van der Waals surface area contributed by atoms with E-state index in [0.29, 0.717) is 6.29 Å². The molecule has 0 unspecified atom stereocenters. The molecule has 86 valence electrons. The number of aldehydes is 1. The summed E-state index contributed by atoms with van der Waals surface area (Å²) in [6.07, 6.45) is 0.657. The molecule has 1 rings (SSSR count). The number of carbonyl (C=O) groups is 1. The lowest BCUT2D eigenvalue weighted by Crippen LogP contribution is -2.36. The smallest absolute Gasteiger partial charge is 0.167 e. The van der Waals surface area contributed by atoms with Crippen LogP contribution in [0.4, 0.5) is 5.69 Å². The van der Waals surface area contributed by atoms with E-state index in [2.05, 4.69) is 0 Å². The van der Waals surface area contributed by atoms with Gasteiger partial charge < -0.3 is 5.73 Å². The second-order valence-corrected chi connectivity index (χ2v) is 3.54. The second kappa shape index (κ2) is 5.21. The van der Waals surface area contributed by atoms with Crippen LogP contribution in [-0.2, 0) is 4.79 Å². The highest BCUT2D eigenvalue weighted by atomic mass is 16.1. The number of allylic oxidation sites excluding steroid dienone is 2. The molecule has 0 aromatic heterocycles. The lowest BCUT2D eigenvalue weighted by Gasteiger charge is -2.32. The van der Waals surface area contributed by atoms with Crippen molar-refractivity contribution in [1.82, 2.24) is 5.01 Å². The highest BCUT2D eigenvalue weighted by Crippen LogP contribution is 2.16. The van der Waals surface area contributed by atoms with Crippen molar-refractivity contribution in [3.05, 3.63) is 41.7 Å². The van der Waals surface area contributed by atoms with Crippen molar-refractivity contribution in [2.45, 2.75) is 6.92 Å². The zero-order valence-corrected chi connectivity index (χ0v) is 9.84. The summed E-state index contributed by atoms with van der Waals surface area (Å²) in [5.41, 5.74) is 7.57. The van der Waals surface area contributed by atoms with Crippen LogP contribution in [0.15, 0.2) is 41.7 Å². The summed E-state index contributed by atoms with van der Waals surface area (Å²) in [4.78, 5) is 10.6. The first kappa shape index (κ1) is 12.1. The molecule has 0 saturated heterocycles. The number of hydrogen-bond donors (Lipinski definition) is 1. The molecule has 16 heavy (non-hydrogen) atoms. The SMILES string of the molecule is C/C(=C(\N)C=O)N(C)N(C)c1ccccc1. The molecule has 2 N–H and O–H groups in total. The zero-order chi connectivity index (χ0) is 12.1. The zero-order valence-electron chi connectivity index (χ0n) is 9.84. The molecule has 4 heteroatoms. The molecule has 0 saturated carbocycles. The van der Waals surface area contributed by atoms with Crippen LogP contribution < -0.4 is 10.7 Å². The van der Waals surface area contributed by atoms with Crippen LogP contribution in [0.25, 0.3) is 0 Å². The van der Waals surface area contributed by atoms with Crippen molar-refractivity contribution in [2.75, 3.05) is 19.1 Å². The van der Waals surface area contributed by atoms with Crippen LogP contribution >= 0.6 is 0 Å². The summed E-state index contributed by atoms with van der Waals surface area (Å²) in [6, 6.07) is 9.85. The predicted molar refractivity (Wildman–Crippen MR) is 65.6 cm³/mol. The fourth-order valence-electron chi connectivity index (χ4n) is 1.31. The van der Waals surface area contributed by atoms with Crippen molar-refractivity contribution >= 4 is 12.0 Å². The summed E-state index contributed by atoms with van der Waals surface area (Å²) in [6.45, 7) is 1.81. The van der Waals surface area contributed by atoms with Gasteiger partial charge in [-0.25, -0.2) is 0 Å². The number of anilines is 1. The number of nitrogens with zero attached hydrogens (tertiary/aromatic N) is 2. The Hall–Kier alpha value is -1.97. The minimum Gasteiger partial charge on any atom is -0.395 e. The average molecular weight is 219 g/mol. The lowest BCUT2D eigenvalue weighted by molar-refractivity contribution is -0.105. The largest absolute Gasteiger partial charge is 0.395 e. The van der Waals surface area contributed by atoms with Gasteiger partial charge in [-0.05, 0) is 19.1 Å². The molecular formula is C12H17N3O. The molecule has 1 aromatic rings. The van der Waals surface area contributed by atoms with Gasteiger partial charge in [0.1, 0.15) is 0 Å². The summed E-state index contributed by atoms with van der Waals surface area (Å²) in [7, 11) is 3.77. The number of rotatable bonds is 4. The maximum Gasteiger partial charge on any atom is 0.167 e. The third kappa shape index (κ3) is 2.53. The molecular weight excluding hydrogens is 202 g/mol. The Bertz CT molecular complexity index is 387. The Morgan fingerprint density at radius 2 is 1.81 bits per heavy atom. The van der Waals surface area contributed by atoms with Crippen LogP contribution in [0.1, 0.15) is 6.92 Å². The Labute approximate surface area is 95.9 Å². The first-order chi connectivity index (χ1) is 7.57. The van der Waals surface area contributed by atoms with Crippen molar-refractivity contribution in [3.63, 3.8) is 0 Å². The van der Waals surface area contributed by atoms with Crippen LogP contribution in [0, 0.1) is 0 Å². The Morgan fingerprint density at radius 3 is 2.31 bits per heavy atom. The van der Waals surface area contributed by atoms with Gasteiger partial charge in [0.25, 0.3) is 0 Å². The van der Waals surface area contributed by atoms with Gasteiger partial charge in [0.2, 0.25) is 0 Å². The summed E-state index contributed by atoms with van der Waals surface area (Å²) in [5, 5.41) is 3.75. The molecule has 0 aliphatic heterocycles. The van der Waals surface area contributed by atoms with Gasteiger partial charge >= 0.3 is 0 Å². The minimum atomic E-state index is 0.241. The first-order valence-corrected chi connectivity index (χ1v) is 5.02. The van der Waals surface area contributed by atoms with E-state index < -0.39 is 0 Å². The van der Waals surface area contributed by atoms with Crippen molar-refractivity contribution < 1.29 is 4.79 Å². The Kier molecular flexibility index (Phi) is 3.94. The van der Waals surface area contributed by atoms with Crippen molar-refractivity contribution in [3.8, 4) is 0 Å². The maximum atomic E-state index is 10.6. The fourth-order valence-corrected chi connectivity index (χ4v) is 1.31. The van der Waals surface area contributed by atoms with Gasteiger partial charge in [-0.1, -0.05) is 18.2 Å². The van der Waals surface area contributed by atoms with E-state index in [-0.39, 0.29) is 5.70 Å². The van der Waals surface area contributed by atoms with E-state index in [0.717, 1.165) is 11.4 Å². The summed E-state index contributed by atoms with van der Waals surface area (Å²) < 4.78 is 0. The third-order valence-electron chi connectivity index (χ3n) is 2.61. The molecule has 0 fully saturated rings. The maximum absolute atomic E-state index is 10.6. The van der Waals surface area contributed by atoms with Crippen LogP contribution in [-0.4, -0.2) is 25.4 Å². The molecule has 0 bridgehead atoms. The second-order valence-electron chi connectivity index (χ2n) is 3.54. The molecule has 4 nitrogen and oxygen atoms in total. The number of para-hydroxylation sites is 1. The monoisotopic (exact) mass is 219 g/mol. The number of carbonyl (C=O) groups excluding carboxylic acids is 1. The standard InChI is InChI=1S/C12H17N3O/c1-10(12(13)9-16)14(2)15(3)11-7-5-4-6-8-11/h4-9H,13H2,1-3H3/b12-10+. The number of hydrogen-bond acceptors (Lipinski definition) is 4. The van der Waals surface area contributed by atoms with Gasteiger partial charge in [0.05, 0.1) is 17.1 Å². The molecule has 0 spiro atoms. The van der Waals surface area contributed by atoms with Gasteiger partial charge in [-0.15, -0.1) is 0 Å². The van der Waals surface area contributed by atoms with Crippen LogP contribution in [0.5, 0.6) is 0 Å². The van der Waals surface area contributed by atoms with Crippen LogP contribution in [0.2, 0.25) is 0 Å². The van der Waals surface area contributed by atoms with E-state index >= 15 is 0 Å². The van der Waals surface area contributed by atoms with Crippen molar-refractivity contribution in [1.29, 1.82) is 0 Å². The lowest BCUT2D eigenvalue weighted by atomic mass is 10.3. The Morgan fingerprint density at radius 1 is 1.25 bits per heavy atom. The highest BCUT2D eigenvalue weighted by molar-refractivity contribution is 5.72. The molecule has 0 radical (unpaired) electrons. The number of hydrazine groups is 1. The molecule has 0 amide bonds. The molecule has 1 aromatic carbocycles. The van der Waals surface area contributed by atoms with Gasteiger partial charge in [0, 0.05) is 14.1 Å². The minimum absolute atomic E-state index is 0.241. The molecule has 0 heterocycles. The van der Waals surface area contributed by atoms with E-state index in [9.17, 15) is 4.79 Å². The van der Waals surface area contributed by atoms with E-state index in [1.54, 1.807) is 0 Å². The molecule has 0 aliphatic rings. The fraction of sp³-hybridized carbons (Fsp3) is 0.250. The van der Waals surface area contributed by atoms with E-state index in [1.165, 1.54) is 0 Å². The quantitative estimate of drug-likeness (QED) is 0.472. The van der Waals surface area contributed by atoms with Gasteiger partial charge in [-0.3, -0.25) is 14.8 Å². The average Bonchev–Trinajstić information content (AvgIpc) is 2.36. The topological polar surface area (TPSA) is 49.6 Å². The molecule has 0 aliphatic carbocycles. The number of benzene rings is 1. The summed E-state index contributed by atoms with van der Waals surface area (Å²) in [5.74, 6) is 0. The summed E-state index contributed by atoms with van der Waals surface area (Å²) >= 11 is 0. The van der Waals surface area contributed by atoms with Crippen molar-refractivity contribution in [2.24, 2.45) is 5.73 Å². The number of nitrogens with two attached hydrogens (primary N) is 1. The van der Waals surface area contributed by atoms with E-state index in [4.69, 9.17) is 5.73 Å². The molecule has 0 atom stereocenters. The van der Waals surface area contributed by atoms with E-state index in [1.807, 2.05) is 61.4 Å². The van der Waals surface area contributed by atoms with Gasteiger partial charge in [0.15, 0.2) is 6.29 Å². The highest BCUT2D eigenvalue weighted by Gasteiger charge is 2.09. The predicted octanol–water partition coefficient (Wildman–Crippen LogP) is 1.36. The van der Waals surface area contributed by atoms with Crippen LogP contribution in [0.3, 0.4) is 0 Å². The third-order valence-corrected chi connectivity index (χ3v) is 2.61. The first-order valence-electron chi connectivity index (χ1n) is 5.02. The Balaban J connectivity index is 2.91.